The topological polar surface area (TPSA) is 63.2 Å². The van der Waals surface area contributed by atoms with Crippen LogP contribution in [-0.4, -0.2) is 14.3 Å². The third-order valence-electron chi connectivity index (χ3n) is 2.55. The first-order valence-electron chi connectivity index (χ1n) is 5.53. The second kappa shape index (κ2) is 5.71. The molecule has 1 amide bonds. The highest BCUT2D eigenvalue weighted by Gasteiger charge is 2.17. The van der Waals surface area contributed by atoms with Crippen molar-refractivity contribution in [3.8, 4) is 0 Å². The van der Waals surface area contributed by atoms with Crippen molar-refractivity contribution in [2.45, 2.75) is 31.7 Å². The second-order valence-corrected chi connectivity index (χ2v) is 7.00. The Morgan fingerprint density at radius 1 is 1.22 bits per heavy atom. The number of nitrogens with one attached hydrogen (secondary N) is 1. The molecule has 0 spiro atoms. The molecule has 1 rings (SSSR count). The Bertz CT molecular complexity index is 523. The molecule has 0 saturated carbocycles. The first-order valence-corrected chi connectivity index (χ1v) is 7.84. The van der Waals surface area contributed by atoms with E-state index in [0.29, 0.717) is 0 Å². The van der Waals surface area contributed by atoms with Gasteiger partial charge in [-0.05, 0) is 23.6 Å². The maximum absolute atomic E-state index is 11.1. The van der Waals surface area contributed by atoms with Crippen molar-refractivity contribution in [3.05, 3.63) is 29.8 Å². The summed E-state index contributed by atoms with van der Waals surface area (Å²) in [6, 6.07) is 6.06. The van der Waals surface area contributed by atoms with Gasteiger partial charge in [-0.3, -0.25) is 4.79 Å². The molecular formula is C12H16ClNO3S. The van der Waals surface area contributed by atoms with Crippen LogP contribution >= 0.6 is 10.7 Å². The highest BCUT2D eigenvalue weighted by molar-refractivity contribution is 8.13. The summed E-state index contributed by atoms with van der Waals surface area (Å²) in [4.78, 5) is 11.2. The summed E-state index contributed by atoms with van der Waals surface area (Å²) in [7, 11) is 1.54. The van der Waals surface area contributed by atoms with Crippen LogP contribution in [0.2, 0.25) is 0 Å². The minimum Gasteiger partial charge on any atom is -0.349 e. The maximum Gasteiger partial charge on any atom is 0.261 e. The van der Waals surface area contributed by atoms with Crippen LogP contribution in [0.15, 0.2) is 29.2 Å². The number of hydrogen-bond acceptors (Lipinski definition) is 3. The molecule has 1 aromatic carbocycles. The summed E-state index contributed by atoms with van der Waals surface area (Å²) in [6.07, 6.45) is 0. The third kappa shape index (κ3) is 3.99. The van der Waals surface area contributed by atoms with Gasteiger partial charge >= 0.3 is 0 Å². The summed E-state index contributed by atoms with van der Waals surface area (Å²) in [5.41, 5.74) is 0.851. The summed E-state index contributed by atoms with van der Waals surface area (Å²) in [6.45, 7) is 5.41. The molecule has 1 aromatic rings. The van der Waals surface area contributed by atoms with Gasteiger partial charge in [0.25, 0.3) is 9.05 Å². The van der Waals surface area contributed by atoms with E-state index in [-0.39, 0.29) is 22.8 Å². The molecule has 0 aliphatic rings. The van der Waals surface area contributed by atoms with E-state index >= 15 is 0 Å². The molecule has 18 heavy (non-hydrogen) atoms. The molecule has 0 saturated heterocycles. The van der Waals surface area contributed by atoms with Crippen LogP contribution in [0.25, 0.3) is 0 Å². The Balaban J connectivity index is 3.05. The number of benzene rings is 1. The lowest BCUT2D eigenvalue weighted by atomic mass is 9.96. The van der Waals surface area contributed by atoms with E-state index in [1.54, 1.807) is 12.1 Å². The van der Waals surface area contributed by atoms with Gasteiger partial charge in [-0.15, -0.1) is 0 Å². The lowest BCUT2D eigenvalue weighted by Gasteiger charge is -2.22. The lowest BCUT2D eigenvalue weighted by Crippen LogP contribution is -2.29. The van der Waals surface area contributed by atoms with Crippen molar-refractivity contribution in [3.63, 3.8) is 0 Å². The van der Waals surface area contributed by atoms with Gasteiger partial charge in [-0.25, -0.2) is 8.42 Å². The molecule has 0 heterocycles. The van der Waals surface area contributed by atoms with Crippen LogP contribution < -0.4 is 5.32 Å². The molecule has 100 valence electrons. The molecule has 0 bridgehead atoms. The van der Waals surface area contributed by atoms with Crippen LogP contribution in [-0.2, 0) is 13.8 Å². The molecule has 6 heteroatoms. The van der Waals surface area contributed by atoms with Gasteiger partial charge in [-0.1, -0.05) is 26.0 Å². The van der Waals surface area contributed by atoms with E-state index in [0.717, 1.165) is 5.56 Å². The molecule has 4 nitrogen and oxygen atoms in total. The number of rotatable bonds is 4. The zero-order valence-electron chi connectivity index (χ0n) is 10.5. The zero-order chi connectivity index (χ0) is 13.9. The zero-order valence-corrected chi connectivity index (χ0v) is 12.0. The highest BCUT2D eigenvalue weighted by Crippen LogP contribution is 2.24. The summed E-state index contributed by atoms with van der Waals surface area (Å²) < 4.78 is 22.2. The molecule has 1 N–H and O–H groups in total. The van der Waals surface area contributed by atoms with Gasteiger partial charge in [0.2, 0.25) is 5.91 Å². The highest BCUT2D eigenvalue weighted by atomic mass is 35.7. The molecule has 0 radical (unpaired) electrons. The Morgan fingerprint density at radius 2 is 1.72 bits per heavy atom. The Labute approximate surface area is 112 Å². The van der Waals surface area contributed by atoms with Crippen molar-refractivity contribution in [2.24, 2.45) is 5.92 Å². The maximum atomic E-state index is 11.1. The smallest absolute Gasteiger partial charge is 0.261 e. The molecule has 0 aliphatic heterocycles. The Morgan fingerprint density at radius 3 is 2.06 bits per heavy atom. The van der Waals surface area contributed by atoms with Crippen LogP contribution in [0.3, 0.4) is 0 Å². The van der Waals surface area contributed by atoms with Gasteiger partial charge in [0.1, 0.15) is 0 Å². The van der Waals surface area contributed by atoms with Crippen molar-refractivity contribution in [1.29, 1.82) is 0 Å². The monoisotopic (exact) mass is 289 g/mol. The van der Waals surface area contributed by atoms with Crippen molar-refractivity contribution in [2.75, 3.05) is 0 Å². The van der Waals surface area contributed by atoms with Crippen molar-refractivity contribution >= 4 is 25.6 Å². The van der Waals surface area contributed by atoms with Gasteiger partial charge in [0.15, 0.2) is 0 Å². The van der Waals surface area contributed by atoms with E-state index in [4.69, 9.17) is 10.7 Å². The molecule has 1 atom stereocenters. The normalized spacial score (nSPS) is 13.4. The molecule has 0 aromatic heterocycles. The summed E-state index contributed by atoms with van der Waals surface area (Å²) in [5, 5.41) is 2.83. The molecule has 0 aliphatic carbocycles. The fourth-order valence-corrected chi connectivity index (χ4v) is 2.46. The van der Waals surface area contributed by atoms with E-state index in [2.05, 4.69) is 5.32 Å². The van der Waals surface area contributed by atoms with Crippen molar-refractivity contribution < 1.29 is 13.2 Å². The predicted molar refractivity (Wildman–Crippen MR) is 70.9 cm³/mol. The Hall–Kier alpha value is -1.07. The molecular weight excluding hydrogens is 274 g/mol. The number of carbonyl (C=O) groups excluding carboxylic acids is 1. The number of carbonyl (C=O) groups is 1. The average Bonchev–Trinajstić information content (AvgIpc) is 2.24. The first kappa shape index (κ1) is 15.0. The number of halogens is 1. The fourth-order valence-electron chi connectivity index (χ4n) is 1.69. The lowest BCUT2D eigenvalue weighted by molar-refractivity contribution is -0.120. The molecule has 0 fully saturated rings. The predicted octanol–water partition coefficient (Wildman–Crippen LogP) is 2.45. The van der Waals surface area contributed by atoms with Crippen LogP contribution in [0, 0.1) is 5.92 Å². The van der Waals surface area contributed by atoms with E-state index in [1.165, 1.54) is 19.1 Å². The first-order chi connectivity index (χ1) is 8.21. The number of hydrogen-bond donors (Lipinski definition) is 1. The van der Waals surface area contributed by atoms with E-state index in [1.807, 2.05) is 13.8 Å². The third-order valence-corrected chi connectivity index (χ3v) is 3.92. The van der Waals surface area contributed by atoms with E-state index in [9.17, 15) is 13.2 Å². The molecule has 1 unspecified atom stereocenters. The van der Waals surface area contributed by atoms with Gasteiger partial charge in [-0.2, -0.15) is 0 Å². The van der Waals surface area contributed by atoms with E-state index < -0.39 is 9.05 Å². The van der Waals surface area contributed by atoms with Gasteiger partial charge < -0.3 is 5.32 Å². The van der Waals surface area contributed by atoms with Crippen molar-refractivity contribution in [1.82, 2.24) is 5.32 Å². The minimum absolute atomic E-state index is 0.0539. The van der Waals surface area contributed by atoms with Gasteiger partial charge in [0, 0.05) is 17.6 Å². The standard InChI is InChI=1S/C12H16ClNO3S/c1-8(2)12(14-9(3)15)10-4-6-11(7-5-10)18(13,16)17/h4-8,12H,1-3H3,(H,14,15). The quantitative estimate of drug-likeness (QED) is 0.866. The van der Waals surface area contributed by atoms with Crippen LogP contribution in [0.5, 0.6) is 0 Å². The fraction of sp³-hybridized carbons (Fsp3) is 0.417. The van der Waals surface area contributed by atoms with Gasteiger partial charge in [0.05, 0.1) is 10.9 Å². The van der Waals surface area contributed by atoms with Crippen LogP contribution in [0.1, 0.15) is 32.4 Å². The minimum atomic E-state index is -3.70. The largest absolute Gasteiger partial charge is 0.349 e. The van der Waals surface area contributed by atoms with Crippen LogP contribution in [0.4, 0.5) is 0 Å². The summed E-state index contributed by atoms with van der Waals surface area (Å²) in [5.74, 6) is 0.0788. The SMILES string of the molecule is CC(=O)NC(c1ccc(S(=O)(=O)Cl)cc1)C(C)C. The Kier molecular flexibility index (Phi) is 4.76. The number of amides is 1. The second-order valence-electron chi connectivity index (χ2n) is 4.43. The summed E-state index contributed by atoms with van der Waals surface area (Å²) >= 11 is 0. The average molecular weight is 290 g/mol.